The number of nitrogens with one attached hydrogen (secondary N) is 2. The number of unbranched alkanes of at least 4 members (excludes halogenated alkanes) is 1. The summed E-state index contributed by atoms with van der Waals surface area (Å²) in [5.74, 6) is 2.65. The van der Waals surface area contributed by atoms with Gasteiger partial charge >= 0.3 is 0 Å². The number of methoxy groups -OCH3 is 1. The molecule has 1 aromatic heterocycles. The molecule has 1 heterocycles. The fraction of sp³-hybridized carbons (Fsp3) is 0.500. The average molecular weight is 501 g/mol. The van der Waals surface area contributed by atoms with Crippen LogP contribution in [0.3, 0.4) is 0 Å². The van der Waals surface area contributed by atoms with E-state index in [0.717, 1.165) is 55.6 Å². The highest BCUT2D eigenvalue weighted by Gasteiger charge is 2.02. The van der Waals surface area contributed by atoms with Gasteiger partial charge in [-0.25, -0.2) is 4.98 Å². The molecule has 0 atom stereocenters. The molecule has 2 rings (SSSR count). The van der Waals surface area contributed by atoms with Gasteiger partial charge in [-0.15, -0.1) is 24.0 Å². The van der Waals surface area contributed by atoms with Gasteiger partial charge in [-0.05, 0) is 31.9 Å². The molecule has 0 amide bonds. The molecule has 0 spiro atoms. The summed E-state index contributed by atoms with van der Waals surface area (Å²) in [6, 6.07) is 7.89. The number of hydrogen-bond acceptors (Lipinski definition) is 4. The van der Waals surface area contributed by atoms with E-state index in [1.54, 1.807) is 14.2 Å². The van der Waals surface area contributed by atoms with Crippen molar-refractivity contribution < 1.29 is 9.47 Å². The first-order valence-electron chi connectivity index (χ1n) is 9.40. The number of aliphatic imine (C=N–C) groups is 1. The van der Waals surface area contributed by atoms with Gasteiger partial charge in [0.15, 0.2) is 5.96 Å². The first-order valence-corrected chi connectivity index (χ1v) is 9.40. The molecule has 0 unspecified atom stereocenters. The summed E-state index contributed by atoms with van der Waals surface area (Å²) in [7, 11) is 3.47. The fourth-order valence-corrected chi connectivity index (χ4v) is 2.63. The maximum Gasteiger partial charge on any atom is 0.195 e. The molecule has 0 radical (unpaired) electrons. The van der Waals surface area contributed by atoms with Crippen LogP contribution in [-0.2, 0) is 11.3 Å². The van der Waals surface area contributed by atoms with E-state index in [1.165, 1.54) is 0 Å². The Labute approximate surface area is 185 Å². The molecule has 0 fully saturated rings. The molecule has 156 valence electrons. The summed E-state index contributed by atoms with van der Waals surface area (Å²) < 4.78 is 12.9. The predicted molar refractivity (Wildman–Crippen MR) is 125 cm³/mol. The van der Waals surface area contributed by atoms with Crippen molar-refractivity contribution in [2.75, 3.05) is 39.2 Å². The lowest BCUT2D eigenvalue weighted by Crippen LogP contribution is -2.31. The highest BCUT2D eigenvalue weighted by atomic mass is 127. The third kappa shape index (κ3) is 8.92. The number of nitrogens with zero attached hydrogens (tertiary/aromatic N) is 3. The van der Waals surface area contributed by atoms with Crippen LogP contribution in [0.2, 0.25) is 0 Å². The van der Waals surface area contributed by atoms with Crippen molar-refractivity contribution in [3.05, 3.63) is 42.5 Å². The molecule has 8 heteroatoms. The number of aryl methyl sites for hydroxylation is 2. The molecule has 0 bridgehead atoms. The molecule has 0 aliphatic rings. The molecule has 7 nitrogen and oxygen atoms in total. The SMILES string of the molecule is CN=C(NCCCCn1ccnc1C)Nc1cccc(OCCCOC)c1.I. The van der Waals surface area contributed by atoms with Gasteiger partial charge in [0.25, 0.3) is 0 Å². The van der Waals surface area contributed by atoms with E-state index in [2.05, 4.69) is 25.2 Å². The van der Waals surface area contributed by atoms with E-state index in [9.17, 15) is 0 Å². The second kappa shape index (κ2) is 14.2. The Hall–Kier alpha value is -1.81. The molecular weight excluding hydrogens is 469 g/mol. The van der Waals surface area contributed by atoms with Crippen molar-refractivity contribution >= 4 is 35.6 Å². The Kier molecular flexibility index (Phi) is 12.3. The zero-order valence-corrected chi connectivity index (χ0v) is 19.3. The third-order valence-electron chi connectivity index (χ3n) is 4.12. The van der Waals surface area contributed by atoms with Crippen molar-refractivity contribution in [2.24, 2.45) is 4.99 Å². The van der Waals surface area contributed by atoms with Crippen LogP contribution < -0.4 is 15.4 Å². The van der Waals surface area contributed by atoms with Crippen LogP contribution in [-0.4, -0.2) is 49.4 Å². The molecule has 2 aromatic rings. The van der Waals surface area contributed by atoms with Crippen molar-refractivity contribution in [1.29, 1.82) is 0 Å². The smallest absolute Gasteiger partial charge is 0.195 e. The van der Waals surface area contributed by atoms with Crippen LogP contribution in [0.5, 0.6) is 5.75 Å². The molecule has 28 heavy (non-hydrogen) atoms. The van der Waals surface area contributed by atoms with E-state index in [-0.39, 0.29) is 24.0 Å². The Bertz CT molecular complexity index is 705. The number of anilines is 1. The van der Waals surface area contributed by atoms with Gasteiger partial charge in [0, 0.05) is 64.4 Å². The lowest BCUT2D eigenvalue weighted by molar-refractivity contribution is 0.172. The topological polar surface area (TPSA) is 72.7 Å². The zero-order valence-electron chi connectivity index (χ0n) is 17.0. The molecule has 1 aromatic carbocycles. The average Bonchev–Trinajstić information content (AvgIpc) is 3.09. The summed E-state index contributed by atoms with van der Waals surface area (Å²) in [5.41, 5.74) is 0.946. The second-order valence-electron chi connectivity index (χ2n) is 6.22. The lowest BCUT2D eigenvalue weighted by Gasteiger charge is -2.13. The van der Waals surface area contributed by atoms with Gasteiger partial charge < -0.3 is 24.7 Å². The summed E-state index contributed by atoms with van der Waals surface area (Å²) in [4.78, 5) is 8.52. The maximum absolute atomic E-state index is 5.73. The van der Waals surface area contributed by atoms with E-state index in [0.29, 0.717) is 13.2 Å². The van der Waals surface area contributed by atoms with Crippen molar-refractivity contribution in [2.45, 2.75) is 32.7 Å². The van der Waals surface area contributed by atoms with Crippen LogP contribution in [0.15, 0.2) is 41.7 Å². The van der Waals surface area contributed by atoms with Crippen LogP contribution in [0, 0.1) is 6.92 Å². The van der Waals surface area contributed by atoms with Crippen LogP contribution in [0.25, 0.3) is 0 Å². The Morgan fingerprint density at radius 3 is 2.79 bits per heavy atom. The monoisotopic (exact) mass is 501 g/mol. The van der Waals surface area contributed by atoms with Gasteiger partial charge in [-0.3, -0.25) is 4.99 Å². The van der Waals surface area contributed by atoms with Crippen molar-refractivity contribution in [3.63, 3.8) is 0 Å². The zero-order chi connectivity index (χ0) is 19.3. The van der Waals surface area contributed by atoms with Gasteiger partial charge in [0.1, 0.15) is 11.6 Å². The summed E-state index contributed by atoms with van der Waals surface area (Å²) >= 11 is 0. The van der Waals surface area contributed by atoms with Crippen LogP contribution in [0.4, 0.5) is 5.69 Å². The lowest BCUT2D eigenvalue weighted by atomic mass is 10.3. The predicted octanol–water partition coefficient (Wildman–Crippen LogP) is 3.69. The van der Waals surface area contributed by atoms with E-state index < -0.39 is 0 Å². The molecule has 0 saturated carbocycles. The maximum atomic E-state index is 5.73. The van der Waals surface area contributed by atoms with E-state index in [1.807, 2.05) is 43.6 Å². The minimum absolute atomic E-state index is 0. The van der Waals surface area contributed by atoms with E-state index >= 15 is 0 Å². The minimum atomic E-state index is 0. The van der Waals surface area contributed by atoms with Gasteiger partial charge in [-0.1, -0.05) is 6.07 Å². The molecule has 0 aliphatic carbocycles. The third-order valence-corrected chi connectivity index (χ3v) is 4.12. The summed E-state index contributed by atoms with van der Waals surface area (Å²) in [6.07, 6.45) is 6.88. The van der Waals surface area contributed by atoms with E-state index in [4.69, 9.17) is 9.47 Å². The number of hydrogen-bond donors (Lipinski definition) is 2. The van der Waals surface area contributed by atoms with Gasteiger partial charge in [0.05, 0.1) is 6.61 Å². The van der Waals surface area contributed by atoms with Crippen LogP contribution >= 0.6 is 24.0 Å². The highest BCUT2D eigenvalue weighted by molar-refractivity contribution is 14.0. The van der Waals surface area contributed by atoms with Crippen molar-refractivity contribution in [3.8, 4) is 5.75 Å². The number of aromatic nitrogens is 2. The second-order valence-corrected chi connectivity index (χ2v) is 6.22. The highest BCUT2D eigenvalue weighted by Crippen LogP contribution is 2.17. The largest absolute Gasteiger partial charge is 0.493 e. The minimum Gasteiger partial charge on any atom is -0.493 e. The molecule has 0 aliphatic heterocycles. The quantitative estimate of drug-likeness (QED) is 0.213. The fourth-order valence-electron chi connectivity index (χ4n) is 2.63. The Morgan fingerprint density at radius 1 is 1.21 bits per heavy atom. The standard InChI is InChI=1S/C20H31N5O2.HI/c1-17-22-11-13-25(17)12-5-4-10-23-20(21-2)24-18-8-6-9-19(16-18)27-15-7-14-26-3;/h6,8-9,11,13,16H,4-5,7,10,12,14-15H2,1-3H3,(H2,21,23,24);1H. The Morgan fingerprint density at radius 2 is 2.07 bits per heavy atom. The van der Waals surface area contributed by atoms with Crippen LogP contribution in [0.1, 0.15) is 25.1 Å². The number of halogens is 1. The normalized spacial score (nSPS) is 11.0. The number of rotatable bonds is 11. The van der Waals surface area contributed by atoms with Gasteiger partial charge in [-0.2, -0.15) is 0 Å². The number of imidazole rings is 1. The number of ether oxygens (including phenoxy) is 2. The Balaban J connectivity index is 0.00000392. The van der Waals surface area contributed by atoms with Gasteiger partial charge in [0.2, 0.25) is 0 Å². The number of guanidine groups is 1. The summed E-state index contributed by atoms with van der Waals surface area (Å²) in [6.45, 7) is 5.22. The molecule has 0 saturated heterocycles. The van der Waals surface area contributed by atoms with Crippen molar-refractivity contribution in [1.82, 2.24) is 14.9 Å². The first-order chi connectivity index (χ1) is 13.2. The molecule has 2 N–H and O–H groups in total. The summed E-state index contributed by atoms with van der Waals surface area (Å²) in [5, 5.41) is 6.65. The molecular formula is C20H32IN5O2. The number of benzene rings is 1. The first kappa shape index (κ1) is 24.2.